The summed E-state index contributed by atoms with van der Waals surface area (Å²) in [6.45, 7) is 12.9. The lowest BCUT2D eigenvalue weighted by Gasteiger charge is -2.35. The highest BCUT2D eigenvalue weighted by atomic mass is 16.7. The highest BCUT2D eigenvalue weighted by molar-refractivity contribution is 5.63. The van der Waals surface area contributed by atoms with Crippen LogP contribution in [-0.2, 0) is 20.7 Å². The van der Waals surface area contributed by atoms with Gasteiger partial charge in [0.1, 0.15) is 11.2 Å². The van der Waals surface area contributed by atoms with Crippen LogP contribution >= 0.6 is 0 Å². The van der Waals surface area contributed by atoms with E-state index in [1.165, 1.54) is 33.4 Å². The van der Waals surface area contributed by atoms with Gasteiger partial charge in [0.2, 0.25) is 0 Å². The number of aryl methyl sites for hydroxylation is 2. The van der Waals surface area contributed by atoms with Crippen molar-refractivity contribution in [2.24, 2.45) is 0 Å². The second-order valence-corrected chi connectivity index (χ2v) is 10.2. The molecule has 2 aromatic carbocycles. The fourth-order valence-electron chi connectivity index (χ4n) is 5.98. The molecule has 32 heavy (non-hydrogen) atoms. The Balaban J connectivity index is 1.65. The zero-order chi connectivity index (χ0) is 23.1. The normalized spacial score (nSPS) is 19.2. The van der Waals surface area contributed by atoms with Crippen molar-refractivity contribution in [3.05, 3.63) is 68.8 Å². The van der Waals surface area contributed by atoms with Gasteiger partial charge in [0.15, 0.2) is 0 Å². The highest BCUT2D eigenvalue weighted by Gasteiger charge is 2.45. The Hall–Kier alpha value is -2.29. The summed E-state index contributed by atoms with van der Waals surface area (Å²) >= 11 is 0. The average Bonchev–Trinajstić information content (AvgIpc) is 3.41. The molecule has 3 nitrogen and oxygen atoms in total. The molecule has 0 aromatic heterocycles. The van der Waals surface area contributed by atoms with Crippen LogP contribution in [0.1, 0.15) is 95.9 Å². The fourth-order valence-corrected chi connectivity index (χ4v) is 5.98. The Kier molecular flexibility index (Phi) is 6.13. The first-order chi connectivity index (χ1) is 15.2. The largest absolute Gasteiger partial charge is 0.510 e. The molecule has 0 heterocycles. The van der Waals surface area contributed by atoms with Crippen LogP contribution in [0.2, 0.25) is 0 Å². The van der Waals surface area contributed by atoms with Gasteiger partial charge in [0.05, 0.1) is 0 Å². The minimum absolute atomic E-state index is 0.510. The Labute approximate surface area is 193 Å². The summed E-state index contributed by atoms with van der Waals surface area (Å²) in [5.41, 5.74) is 8.74. The fraction of sp³-hybridized carbons (Fsp3) is 0.552. The van der Waals surface area contributed by atoms with E-state index >= 15 is 0 Å². The van der Waals surface area contributed by atoms with E-state index in [9.17, 15) is 4.79 Å². The van der Waals surface area contributed by atoms with Gasteiger partial charge in [0.25, 0.3) is 0 Å². The average molecular weight is 435 g/mol. The number of rotatable bonds is 4. The molecule has 172 valence electrons. The van der Waals surface area contributed by atoms with Gasteiger partial charge in [-0.25, -0.2) is 4.79 Å². The Bertz CT molecular complexity index is 940. The maximum absolute atomic E-state index is 13.4. The van der Waals surface area contributed by atoms with E-state index < -0.39 is 17.4 Å². The van der Waals surface area contributed by atoms with Gasteiger partial charge in [-0.1, -0.05) is 24.3 Å². The van der Waals surface area contributed by atoms with Crippen LogP contribution < -0.4 is 0 Å². The van der Waals surface area contributed by atoms with Gasteiger partial charge in [-0.05, 0) is 137 Å². The molecule has 2 aliphatic carbocycles. The molecule has 0 N–H and O–H groups in total. The van der Waals surface area contributed by atoms with Crippen molar-refractivity contribution < 1.29 is 14.3 Å². The number of hydrogen-bond acceptors (Lipinski definition) is 3. The van der Waals surface area contributed by atoms with E-state index in [1.807, 2.05) is 0 Å². The summed E-state index contributed by atoms with van der Waals surface area (Å²) < 4.78 is 12.6. The molecular weight excluding hydrogens is 396 g/mol. The van der Waals surface area contributed by atoms with E-state index in [1.54, 1.807) is 0 Å². The molecule has 0 atom stereocenters. The molecule has 2 aromatic rings. The van der Waals surface area contributed by atoms with E-state index in [0.29, 0.717) is 0 Å². The molecule has 0 amide bonds. The molecule has 0 radical (unpaired) electrons. The van der Waals surface area contributed by atoms with E-state index in [2.05, 4.69) is 65.8 Å². The first-order valence-electron chi connectivity index (χ1n) is 12.3. The van der Waals surface area contributed by atoms with Crippen molar-refractivity contribution in [3.8, 4) is 0 Å². The van der Waals surface area contributed by atoms with Crippen molar-refractivity contribution in [3.63, 3.8) is 0 Å². The van der Waals surface area contributed by atoms with Gasteiger partial charge in [0, 0.05) is 0 Å². The Morgan fingerprint density at radius 1 is 0.594 bits per heavy atom. The SMILES string of the molecule is Cc1ccc(C2(OC(=O)OC3(c4ccc(C)c(C)c4C)CCCC3)CCCC2)c(C)c1C. The third-order valence-corrected chi connectivity index (χ3v) is 8.48. The lowest BCUT2D eigenvalue weighted by Crippen LogP contribution is -2.36. The topological polar surface area (TPSA) is 35.5 Å². The molecule has 3 heteroatoms. The number of carbonyl (C=O) groups excluding carboxylic acids is 1. The molecule has 0 unspecified atom stereocenters. The number of carbonyl (C=O) groups is 1. The number of benzene rings is 2. The smallest absolute Gasteiger partial charge is 0.423 e. The molecule has 0 aliphatic heterocycles. The van der Waals surface area contributed by atoms with E-state index in [-0.39, 0.29) is 0 Å². The van der Waals surface area contributed by atoms with Crippen molar-refractivity contribution in [2.45, 2.75) is 104 Å². The molecule has 2 saturated carbocycles. The molecule has 0 bridgehead atoms. The van der Waals surface area contributed by atoms with Crippen LogP contribution in [0, 0.1) is 41.5 Å². The van der Waals surface area contributed by atoms with Crippen LogP contribution in [0.3, 0.4) is 0 Å². The molecular formula is C29H38O3. The number of ether oxygens (including phenoxy) is 2. The third kappa shape index (κ3) is 3.84. The Morgan fingerprint density at radius 2 is 0.938 bits per heavy atom. The predicted octanol–water partition coefficient (Wildman–Crippen LogP) is 7.93. The maximum atomic E-state index is 13.4. The standard InChI is InChI=1S/C29H38O3/c1-19-11-13-25(23(5)21(19)3)28(15-7-8-16-28)31-27(30)32-29(17-9-10-18-29)26-14-12-20(2)22(4)24(26)6/h11-14H,7-10,15-18H2,1-6H3. The van der Waals surface area contributed by atoms with Gasteiger partial charge >= 0.3 is 6.16 Å². The van der Waals surface area contributed by atoms with Crippen LogP contribution in [0.25, 0.3) is 0 Å². The second-order valence-electron chi connectivity index (χ2n) is 10.2. The summed E-state index contributed by atoms with van der Waals surface area (Å²) in [4.78, 5) is 13.4. The highest BCUT2D eigenvalue weighted by Crippen LogP contribution is 2.48. The van der Waals surface area contributed by atoms with Crippen LogP contribution in [0.4, 0.5) is 4.79 Å². The molecule has 0 spiro atoms. The lowest BCUT2D eigenvalue weighted by molar-refractivity contribution is -0.0840. The quantitative estimate of drug-likeness (QED) is 0.458. The summed E-state index contributed by atoms with van der Waals surface area (Å²) in [6.07, 6.45) is 7.22. The van der Waals surface area contributed by atoms with Crippen LogP contribution in [0.15, 0.2) is 24.3 Å². The summed E-state index contributed by atoms with van der Waals surface area (Å²) in [5.74, 6) is 0. The van der Waals surface area contributed by atoms with Gasteiger partial charge < -0.3 is 9.47 Å². The summed E-state index contributed by atoms with van der Waals surface area (Å²) in [5, 5.41) is 0. The zero-order valence-electron chi connectivity index (χ0n) is 20.7. The van der Waals surface area contributed by atoms with Crippen LogP contribution in [0.5, 0.6) is 0 Å². The van der Waals surface area contributed by atoms with Gasteiger partial charge in [-0.3, -0.25) is 0 Å². The first kappa shape index (κ1) is 22.9. The molecule has 2 aliphatic rings. The lowest BCUT2D eigenvalue weighted by atomic mass is 9.85. The van der Waals surface area contributed by atoms with E-state index in [0.717, 1.165) is 62.5 Å². The summed E-state index contributed by atoms with van der Waals surface area (Å²) in [7, 11) is 0. The zero-order valence-corrected chi connectivity index (χ0v) is 20.7. The van der Waals surface area contributed by atoms with Crippen molar-refractivity contribution in [1.82, 2.24) is 0 Å². The Morgan fingerprint density at radius 3 is 1.28 bits per heavy atom. The monoisotopic (exact) mass is 434 g/mol. The number of hydrogen-bond donors (Lipinski definition) is 0. The predicted molar refractivity (Wildman–Crippen MR) is 129 cm³/mol. The first-order valence-corrected chi connectivity index (χ1v) is 12.3. The molecule has 2 fully saturated rings. The molecule has 0 saturated heterocycles. The van der Waals surface area contributed by atoms with Crippen LogP contribution in [-0.4, -0.2) is 6.16 Å². The minimum Gasteiger partial charge on any atom is -0.423 e. The van der Waals surface area contributed by atoms with E-state index in [4.69, 9.17) is 9.47 Å². The van der Waals surface area contributed by atoms with Crippen molar-refractivity contribution in [2.75, 3.05) is 0 Å². The van der Waals surface area contributed by atoms with Gasteiger partial charge in [-0.15, -0.1) is 0 Å². The third-order valence-electron chi connectivity index (χ3n) is 8.48. The maximum Gasteiger partial charge on any atom is 0.510 e. The molecule has 4 rings (SSSR count). The summed E-state index contributed by atoms with van der Waals surface area (Å²) in [6, 6.07) is 8.64. The minimum atomic E-state index is -0.572. The van der Waals surface area contributed by atoms with Crippen molar-refractivity contribution >= 4 is 6.16 Å². The van der Waals surface area contributed by atoms with Crippen molar-refractivity contribution in [1.29, 1.82) is 0 Å². The van der Waals surface area contributed by atoms with Gasteiger partial charge in [-0.2, -0.15) is 0 Å². The second kappa shape index (κ2) is 8.57.